The van der Waals surface area contributed by atoms with E-state index in [1.807, 2.05) is 6.92 Å². The van der Waals surface area contributed by atoms with E-state index in [-0.39, 0.29) is 5.56 Å². The summed E-state index contributed by atoms with van der Waals surface area (Å²) in [5, 5.41) is 0.300. The van der Waals surface area contributed by atoms with Gasteiger partial charge < -0.3 is 10.5 Å². The van der Waals surface area contributed by atoms with E-state index in [9.17, 15) is 4.39 Å². The van der Waals surface area contributed by atoms with Gasteiger partial charge in [-0.05, 0) is 30.7 Å². The summed E-state index contributed by atoms with van der Waals surface area (Å²) >= 11 is 6.00. The number of aromatic nitrogens is 1. The van der Waals surface area contributed by atoms with Crippen LogP contribution in [0.25, 0.3) is 0 Å². The zero-order valence-electron chi connectivity index (χ0n) is 10.4. The SMILES string of the molecule is CCOc1cncc(C(N)c2c(F)cccc2Cl)c1. The molecule has 0 saturated heterocycles. The maximum Gasteiger partial charge on any atom is 0.137 e. The molecule has 0 spiro atoms. The number of rotatable bonds is 4. The van der Waals surface area contributed by atoms with Crippen LogP contribution in [0.3, 0.4) is 0 Å². The molecule has 0 fully saturated rings. The average Bonchev–Trinajstić information content (AvgIpc) is 2.39. The molecule has 2 aromatic rings. The molecule has 0 aliphatic rings. The molecule has 0 aliphatic carbocycles. The van der Waals surface area contributed by atoms with Gasteiger partial charge in [-0.25, -0.2) is 4.39 Å². The first kappa shape index (κ1) is 13.8. The lowest BCUT2D eigenvalue weighted by atomic mass is 10.0. The number of pyridine rings is 1. The van der Waals surface area contributed by atoms with E-state index in [0.717, 1.165) is 0 Å². The second kappa shape index (κ2) is 5.99. The van der Waals surface area contributed by atoms with Gasteiger partial charge in [-0.1, -0.05) is 17.7 Å². The van der Waals surface area contributed by atoms with E-state index in [0.29, 0.717) is 22.9 Å². The zero-order valence-corrected chi connectivity index (χ0v) is 11.2. The number of nitrogens with two attached hydrogens (primary N) is 1. The molecule has 0 amide bonds. The van der Waals surface area contributed by atoms with Crippen LogP contribution in [0.2, 0.25) is 5.02 Å². The molecule has 0 saturated carbocycles. The minimum atomic E-state index is -0.679. The fourth-order valence-electron chi connectivity index (χ4n) is 1.83. The third-order valence-corrected chi connectivity index (χ3v) is 3.04. The molecule has 100 valence electrons. The Hall–Kier alpha value is -1.65. The zero-order chi connectivity index (χ0) is 13.8. The van der Waals surface area contributed by atoms with Crippen molar-refractivity contribution in [2.75, 3.05) is 6.61 Å². The lowest BCUT2D eigenvalue weighted by molar-refractivity contribution is 0.338. The maximum atomic E-state index is 13.8. The molecule has 1 unspecified atom stereocenters. The third-order valence-electron chi connectivity index (χ3n) is 2.72. The molecule has 2 N–H and O–H groups in total. The minimum Gasteiger partial charge on any atom is -0.492 e. The molecule has 0 bridgehead atoms. The van der Waals surface area contributed by atoms with Gasteiger partial charge in [0.2, 0.25) is 0 Å². The molecular formula is C14H14ClFN2O. The molecule has 1 atom stereocenters. The summed E-state index contributed by atoms with van der Waals surface area (Å²) in [4.78, 5) is 4.04. The molecule has 1 heterocycles. The second-order valence-electron chi connectivity index (χ2n) is 4.00. The summed E-state index contributed by atoms with van der Waals surface area (Å²) in [6.45, 7) is 2.40. The van der Waals surface area contributed by atoms with Crippen molar-refractivity contribution >= 4 is 11.6 Å². The van der Waals surface area contributed by atoms with E-state index in [1.54, 1.807) is 30.6 Å². The Labute approximate surface area is 116 Å². The van der Waals surface area contributed by atoms with Crippen molar-refractivity contribution in [3.63, 3.8) is 0 Å². The van der Waals surface area contributed by atoms with Gasteiger partial charge in [-0.15, -0.1) is 0 Å². The summed E-state index contributed by atoms with van der Waals surface area (Å²) in [6, 6.07) is 5.55. The summed E-state index contributed by atoms with van der Waals surface area (Å²) in [5.74, 6) is 0.171. The van der Waals surface area contributed by atoms with Crippen LogP contribution in [0, 0.1) is 5.82 Å². The van der Waals surface area contributed by atoms with E-state index < -0.39 is 11.9 Å². The van der Waals surface area contributed by atoms with Gasteiger partial charge in [0, 0.05) is 16.8 Å². The van der Waals surface area contributed by atoms with Crippen LogP contribution in [0.4, 0.5) is 4.39 Å². The van der Waals surface area contributed by atoms with E-state index in [2.05, 4.69) is 4.98 Å². The lowest BCUT2D eigenvalue weighted by Gasteiger charge is -2.15. The van der Waals surface area contributed by atoms with Crippen LogP contribution in [0.1, 0.15) is 24.1 Å². The topological polar surface area (TPSA) is 48.1 Å². The minimum absolute atomic E-state index is 0.264. The highest BCUT2D eigenvalue weighted by Gasteiger charge is 2.17. The molecule has 3 nitrogen and oxygen atoms in total. The van der Waals surface area contributed by atoms with Crippen molar-refractivity contribution < 1.29 is 9.13 Å². The van der Waals surface area contributed by atoms with Crippen molar-refractivity contribution in [2.24, 2.45) is 5.73 Å². The standard InChI is InChI=1S/C14H14ClFN2O/c1-2-19-10-6-9(7-18-8-10)14(17)13-11(15)4-3-5-12(13)16/h3-8,14H,2,17H2,1H3. The molecule has 1 aromatic carbocycles. The quantitative estimate of drug-likeness (QED) is 0.934. The Bertz CT molecular complexity index is 557. The molecule has 19 heavy (non-hydrogen) atoms. The smallest absolute Gasteiger partial charge is 0.137 e. The number of nitrogens with zero attached hydrogens (tertiary/aromatic N) is 1. The van der Waals surface area contributed by atoms with E-state index in [4.69, 9.17) is 22.1 Å². The highest BCUT2D eigenvalue weighted by atomic mass is 35.5. The summed E-state index contributed by atoms with van der Waals surface area (Å²) in [5.41, 5.74) is 6.98. The van der Waals surface area contributed by atoms with Gasteiger partial charge >= 0.3 is 0 Å². The first-order valence-corrected chi connectivity index (χ1v) is 6.28. The van der Waals surface area contributed by atoms with E-state index >= 15 is 0 Å². The predicted molar refractivity (Wildman–Crippen MR) is 72.8 cm³/mol. The van der Waals surface area contributed by atoms with Crippen LogP contribution in [0.5, 0.6) is 5.75 Å². The van der Waals surface area contributed by atoms with Crippen molar-refractivity contribution in [2.45, 2.75) is 13.0 Å². The predicted octanol–water partition coefficient (Wildman–Crippen LogP) is 3.32. The summed E-state index contributed by atoms with van der Waals surface area (Å²) < 4.78 is 19.2. The Morgan fingerprint density at radius 1 is 1.42 bits per heavy atom. The number of benzene rings is 1. The summed E-state index contributed by atoms with van der Waals surface area (Å²) in [6.07, 6.45) is 3.17. The average molecular weight is 281 g/mol. The number of hydrogen-bond acceptors (Lipinski definition) is 3. The third kappa shape index (κ3) is 3.03. The number of hydrogen-bond donors (Lipinski definition) is 1. The summed E-state index contributed by atoms with van der Waals surface area (Å²) in [7, 11) is 0. The normalized spacial score (nSPS) is 12.2. The van der Waals surface area contributed by atoms with Gasteiger partial charge in [-0.2, -0.15) is 0 Å². The van der Waals surface area contributed by atoms with Gasteiger partial charge in [0.15, 0.2) is 0 Å². The lowest BCUT2D eigenvalue weighted by Crippen LogP contribution is -2.14. The highest BCUT2D eigenvalue weighted by Crippen LogP contribution is 2.29. The van der Waals surface area contributed by atoms with Crippen molar-refractivity contribution in [1.29, 1.82) is 0 Å². The molecular weight excluding hydrogens is 267 g/mol. The number of halogens is 2. The Morgan fingerprint density at radius 2 is 2.21 bits per heavy atom. The second-order valence-corrected chi connectivity index (χ2v) is 4.41. The van der Waals surface area contributed by atoms with Gasteiger partial charge in [0.1, 0.15) is 11.6 Å². The fourth-order valence-corrected chi connectivity index (χ4v) is 2.11. The van der Waals surface area contributed by atoms with Crippen LogP contribution in [-0.2, 0) is 0 Å². The molecule has 0 aliphatic heterocycles. The van der Waals surface area contributed by atoms with Gasteiger partial charge in [0.05, 0.1) is 18.8 Å². The first-order valence-electron chi connectivity index (χ1n) is 5.90. The fraction of sp³-hybridized carbons (Fsp3) is 0.214. The van der Waals surface area contributed by atoms with Crippen LogP contribution in [-0.4, -0.2) is 11.6 Å². The van der Waals surface area contributed by atoms with Crippen molar-refractivity contribution in [1.82, 2.24) is 4.98 Å². The van der Waals surface area contributed by atoms with Gasteiger partial charge in [-0.3, -0.25) is 4.98 Å². The van der Waals surface area contributed by atoms with Crippen molar-refractivity contribution in [3.8, 4) is 5.75 Å². The van der Waals surface area contributed by atoms with Crippen LogP contribution < -0.4 is 10.5 Å². The first-order chi connectivity index (χ1) is 9.13. The molecule has 5 heteroatoms. The largest absolute Gasteiger partial charge is 0.492 e. The monoisotopic (exact) mass is 280 g/mol. The van der Waals surface area contributed by atoms with E-state index in [1.165, 1.54) is 6.07 Å². The molecule has 2 rings (SSSR count). The van der Waals surface area contributed by atoms with Gasteiger partial charge in [0.25, 0.3) is 0 Å². The maximum absolute atomic E-state index is 13.8. The molecule has 0 radical (unpaired) electrons. The number of ether oxygens (including phenoxy) is 1. The highest BCUT2D eigenvalue weighted by molar-refractivity contribution is 6.31. The Balaban J connectivity index is 2.38. The Morgan fingerprint density at radius 3 is 2.89 bits per heavy atom. The Kier molecular flexibility index (Phi) is 4.35. The van der Waals surface area contributed by atoms with Crippen LogP contribution >= 0.6 is 11.6 Å². The molecule has 1 aromatic heterocycles. The van der Waals surface area contributed by atoms with Crippen LogP contribution in [0.15, 0.2) is 36.7 Å². The van der Waals surface area contributed by atoms with Crippen molar-refractivity contribution in [3.05, 3.63) is 58.6 Å².